The van der Waals surface area contributed by atoms with Gasteiger partial charge in [0.25, 0.3) is 0 Å². The fourth-order valence-corrected chi connectivity index (χ4v) is 1.34. The number of esters is 1. The van der Waals surface area contributed by atoms with Crippen molar-refractivity contribution < 1.29 is 14.3 Å². The summed E-state index contributed by atoms with van der Waals surface area (Å²) in [6.07, 6.45) is 0.851. The van der Waals surface area contributed by atoms with Crippen LogP contribution in [0, 0.1) is 0 Å². The molecule has 1 aromatic carbocycles. The maximum Gasteiger partial charge on any atom is 0.341 e. The summed E-state index contributed by atoms with van der Waals surface area (Å²) in [4.78, 5) is 11.7. The zero-order valence-electron chi connectivity index (χ0n) is 10.5. The van der Waals surface area contributed by atoms with Gasteiger partial charge in [0, 0.05) is 0 Å². The highest BCUT2D eigenvalue weighted by atomic mass is 16.5. The molecule has 0 aliphatic heterocycles. The van der Waals surface area contributed by atoms with Crippen LogP contribution in [0.25, 0.3) is 0 Å². The van der Waals surface area contributed by atoms with E-state index in [1.165, 1.54) is 0 Å². The second-order valence-corrected chi connectivity index (χ2v) is 3.78. The topological polar surface area (TPSA) is 61.5 Å². The summed E-state index contributed by atoms with van der Waals surface area (Å²) in [6, 6.07) is 5.08. The van der Waals surface area contributed by atoms with Crippen molar-refractivity contribution >= 4 is 11.7 Å². The number of carbonyl (C=O) groups is 1. The molecule has 0 fully saturated rings. The summed E-state index contributed by atoms with van der Waals surface area (Å²) in [5.41, 5.74) is 6.66. The van der Waals surface area contributed by atoms with Gasteiger partial charge in [-0.15, -0.1) is 0 Å². The first kappa shape index (κ1) is 13.4. The highest BCUT2D eigenvalue weighted by molar-refractivity contribution is 5.94. The molecule has 1 atom stereocenters. The summed E-state index contributed by atoms with van der Waals surface area (Å²) in [5, 5.41) is 0. The van der Waals surface area contributed by atoms with Crippen LogP contribution in [0.3, 0.4) is 0 Å². The molecule has 0 saturated carbocycles. The molecule has 0 aromatic heterocycles. The number of nitrogens with two attached hydrogens (primary N) is 1. The minimum absolute atomic E-state index is 0.00729. The predicted molar refractivity (Wildman–Crippen MR) is 67.2 cm³/mol. The Morgan fingerprint density at radius 2 is 2.12 bits per heavy atom. The highest BCUT2D eigenvalue weighted by Crippen LogP contribution is 2.28. The molecule has 0 radical (unpaired) electrons. The van der Waals surface area contributed by atoms with Gasteiger partial charge in [-0.25, -0.2) is 4.79 Å². The molecule has 0 aliphatic carbocycles. The molecule has 0 heterocycles. The third-order valence-corrected chi connectivity index (χ3v) is 2.43. The van der Waals surface area contributed by atoms with Crippen LogP contribution in [0.5, 0.6) is 5.75 Å². The summed E-state index contributed by atoms with van der Waals surface area (Å²) >= 11 is 0. The molecule has 94 valence electrons. The van der Waals surface area contributed by atoms with Crippen LogP contribution in [0.15, 0.2) is 18.2 Å². The molecular weight excluding hydrogens is 218 g/mol. The lowest BCUT2D eigenvalue weighted by Gasteiger charge is -2.17. The summed E-state index contributed by atoms with van der Waals surface area (Å²) in [6.45, 7) is 6.03. The van der Waals surface area contributed by atoms with Crippen LogP contribution in [0.1, 0.15) is 37.6 Å². The number of nitrogen functional groups attached to an aromatic ring is 1. The van der Waals surface area contributed by atoms with E-state index in [9.17, 15) is 4.79 Å². The van der Waals surface area contributed by atoms with Crippen molar-refractivity contribution in [1.29, 1.82) is 0 Å². The number of hydrogen-bond donors (Lipinski definition) is 1. The number of hydrogen-bond acceptors (Lipinski definition) is 4. The van der Waals surface area contributed by atoms with Gasteiger partial charge in [0.15, 0.2) is 5.75 Å². The van der Waals surface area contributed by atoms with E-state index in [1.54, 1.807) is 25.1 Å². The van der Waals surface area contributed by atoms with Crippen LogP contribution in [-0.4, -0.2) is 18.7 Å². The van der Waals surface area contributed by atoms with E-state index in [-0.39, 0.29) is 6.10 Å². The molecule has 0 saturated heterocycles. The van der Waals surface area contributed by atoms with Gasteiger partial charge in [0.05, 0.1) is 18.4 Å². The van der Waals surface area contributed by atoms with Gasteiger partial charge in [-0.1, -0.05) is 13.0 Å². The van der Waals surface area contributed by atoms with E-state index in [2.05, 4.69) is 0 Å². The van der Waals surface area contributed by atoms with E-state index in [1.807, 2.05) is 13.8 Å². The minimum Gasteiger partial charge on any atom is -0.488 e. The SMILES string of the molecule is CCOC(=O)c1cccc(N)c1OC(C)CC. The smallest absolute Gasteiger partial charge is 0.341 e. The third-order valence-electron chi connectivity index (χ3n) is 2.43. The normalized spacial score (nSPS) is 11.9. The van der Waals surface area contributed by atoms with E-state index in [0.717, 1.165) is 6.42 Å². The highest BCUT2D eigenvalue weighted by Gasteiger charge is 2.17. The van der Waals surface area contributed by atoms with Crippen LogP contribution in [0.2, 0.25) is 0 Å². The third kappa shape index (κ3) is 3.37. The van der Waals surface area contributed by atoms with Crippen LogP contribution in [-0.2, 0) is 4.74 Å². The molecule has 2 N–H and O–H groups in total. The zero-order valence-corrected chi connectivity index (χ0v) is 10.5. The largest absolute Gasteiger partial charge is 0.488 e. The van der Waals surface area contributed by atoms with Gasteiger partial charge in [0.2, 0.25) is 0 Å². The zero-order chi connectivity index (χ0) is 12.8. The maximum atomic E-state index is 11.7. The van der Waals surface area contributed by atoms with Crippen molar-refractivity contribution in [3.63, 3.8) is 0 Å². The first-order chi connectivity index (χ1) is 8.10. The quantitative estimate of drug-likeness (QED) is 0.631. The molecule has 4 nitrogen and oxygen atoms in total. The Bertz CT molecular complexity index is 390. The number of para-hydroxylation sites is 1. The van der Waals surface area contributed by atoms with Crippen molar-refractivity contribution in [2.45, 2.75) is 33.3 Å². The lowest BCUT2D eigenvalue weighted by molar-refractivity contribution is 0.0519. The number of carbonyl (C=O) groups excluding carboxylic acids is 1. The van der Waals surface area contributed by atoms with Gasteiger partial charge in [0.1, 0.15) is 5.56 Å². The molecule has 1 aromatic rings. The molecule has 0 aliphatic rings. The number of benzene rings is 1. The van der Waals surface area contributed by atoms with Crippen molar-refractivity contribution in [1.82, 2.24) is 0 Å². The standard InChI is InChI=1S/C13H19NO3/c1-4-9(3)17-12-10(13(15)16-5-2)7-6-8-11(12)14/h6-9H,4-5,14H2,1-3H3. The molecular formula is C13H19NO3. The van der Waals surface area contributed by atoms with Gasteiger partial charge < -0.3 is 15.2 Å². The molecule has 17 heavy (non-hydrogen) atoms. The molecule has 0 bridgehead atoms. The van der Waals surface area contributed by atoms with E-state index in [0.29, 0.717) is 23.6 Å². The Morgan fingerprint density at radius 1 is 1.41 bits per heavy atom. The number of ether oxygens (including phenoxy) is 2. The van der Waals surface area contributed by atoms with Crippen molar-refractivity contribution in [2.24, 2.45) is 0 Å². The Kier molecular flexibility index (Phi) is 4.82. The Hall–Kier alpha value is -1.71. The lowest BCUT2D eigenvalue weighted by atomic mass is 10.1. The fraction of sp³-hybridized carbons (Fsp3) is 0.462. The summed E-state index contributed by atoms with van der Waals surface area (Å²) < 4.78 is 10.6. The number of anilines is 1. The Morgan fingerprint density at radius 3 is 2.71 bits per heavy atom. The maximum absolute atomic E-state index is 11.7. The fourth-order valence-electron chi connectivity index (χ4n) is 1.34. The minimum atomic E-state index is -0.405. The first-order valence-electron chi connectivity index (χ1n) is 5.82. The van der Waals surface area contributed by atoms with Gasteiger partial charge >= 0.3 is 5.97 Å². The average Bonchev–Trinajstić information content (AvgIpc) is 2.31. The van der Waals surface area contributed by atoms with E-state index >= 15 is 0 Å². The molecule has 4 heteroatoms. The monoisotopic (exact) mass is 237 g/mol. The lowest BCUT2D eigenvalue weighted by Crippen LogP contribution is -2.15. The van der Waals surface area contributed by atoms with Crippen LogP contribution in [0.4, 0.5) is 5.69 Å². The average molecular weight is 237 g/mol. The number of rotatable bonds is 5. The van der Waals surface area contributed by atoms with Crippen molar-refractivity contribution in [3.8, 4) is 5.75 Å². The second-order valence-electron chi connectivity index (χ2n) is 3.78. The molecule has 1 rings (SSSR count). The second kappa shape index (κ2) is 6.13. The summed E-state index contributed by atoms with van der Waals surface area (Å²) in [7, 11) is 0. The van der Waals surface area contributed by atoms with Gasteiger partial charge in [-0.2, -0.15) is 0 Å². The summed E-state index contributed by atoms with van der Waals surface area (Å²) in [5.74, 6) is 0.0124. The van der Waals surface area contributed by atoms with Crippen molar-refractivity contribution in [3.05, 3.63) is 23.8 Å². The Labute approximate surface area is 102 Å². The van der Waals surface area contributed by atoms with Gasteiger partial charge in [-0.05, 0) is 32.4 Å². The molecule has 1 unspecified atom stereocenters. The first-order valence-corrected chi connectivity index (χ1v) is 5.82. The Balaban J connectivity index is 3.03. The molecule has 0 amide bonds. The van der Waals surface area contributed by atoms with Gasteiger partial charge in [-0.3, -0.25) is 0 Å². The van der Waals surface area contributed by atoms with E-state index in [4.69, 9.17) is 15.2 Å². The van der Waals surface area contributed by atoms with Crippen LogP contribution >= 0.6 is 0 Å². The van der Waals surface area contributed by atoms with Crippen molar-refractivity contribution in [2.75, 3.05) is 12.3 Å². The molecule has 0 spiro atoms. The van der Waals surface area contributed by atoms with Crippen LogP contribution < -0.4 is 10.5 Å². The van der Waals surface area contributed by atoms with E-state index < -0.39 is 5.97 Å². The predicted octanol–water partition coefficient (Wildman–Crippen LogP) is 2.62.